The van der Waals surface area contributed by atoms with Crippen LogP contribution in [0.1, 0.15) is 33.1 Å². The van der Waals surface area contributed by atoms with Gasteiger partial charge in [0.1, 0.15) is 6.33 Å². The molecule has 0 spiro atoms. The first-order chi connectivity index (χ1) is 12.0. The number of aromatic nitrogens is 3. The molecule has 0 radical (unpaired) electrons. The zero-order valence-corrected chi connectivity index (χ0v) is 15.1. The first-order valence-electron chi connectivity index (χ1n) is 9.21. The fourth-order valence-corrected chi connectivity index (χ4v) is 3.60. The molecular weight excluding hydrogens is 320 g/mol. The Bertz CT molecular complexity index is 572. The van der Waals surface area contributed by atoms with E-state index in [2.05, 4.69) is 33.9 Å². The van der Waals surface area contributed by atoms with Crippen LogP contribution in [0.3, 0.4) is 0 Å². The number of carbonyl (C=O) groups excluding carboxylic acids is 2. The van der Waals surface area contributed by atoms with E-state index in [0.29, 0.717) is 38.5 Å². The number of aromatic amines is 1. The number of nitrogens with one attached hydrogen (secondary N) is 1. The maximum Gasteiger partial charge on any atom is 0.225 e. The Balaban J connectivity index is 1.45. The van der Waals surface area contributed by atoms with E-state index in [4.69, 9.17) is 0 Å². The standard InChI is InChI=1S/C17H28N6O2/c1-13(2)11-15(24)21-5-3-14(4-6-21)16(25)22-7-9-23(10-8-22)17-18-12-19-20-17/h12-14H,3-11H2,1-2H3,(H,18,19,20). The van der Waals surface area contributed by atoms with Crippen LogP contribution in [0.5, 0.6) is 0 Å². The molecule has 0 atom stereocenters. The molecule has 0 bridgehead atoms. The molecule has 2 fully saturated rings. The maximum atomic E-state index is 12.8. The SMILES string of the molecule is CC(C)CC(=O)N1CCC(C(=O)N2CCN(c3ncn[nH]3)CC2)CC1. The van der Waals surface area contributed by atoms with Gasteiger partial charge in [0.05, 0.1) is 0 Å². The lowest BCUT2D eigenvalue weighted by Crippen LogP contribution is -2.52. The van der Waals surface area contributed by atoms with E-state index in [9.17, 15) is 9.59 Å². The van der Waals surface area contributed by atoms with E-state index in [1.54, 1.807) is 0 Å². The molecule has 3 heterocycles. The zero-order valence-electron chi connectivity index (χ0n) is 15.1. The third kappa shape index (κ3) is 4.29. The van der Waals surface area contributed by atoms with E-state index in [1.807, 2.05) is 9.80 Å². The van der Waals surface area contributed by atoms with Gasteiger partial charge in [-0.3, -0.25) is 9.59 Å². The quantitative estimate of drug-likeness (QED) is 0.867. The lowest BCUT2D eigenvalue weighted by molar-refractivity contribution is -0.141. The minimum absolute atomic E-state index is 0.0555. The Morgan fingerprint density at radius 1 is 1.12 bits per heavy atom. The normalized spacial score (nSPS) is 19.6. The first kappa shape index (κ1) is 17.7. The molecule has 25 heavy (non-hydrogen) atoms. The van der Waals surface area contributed by atoms with Crippen molar-refractivity contribution >= 4 is 17.8 Å². The van der Waals surface area contributed by atoms with Crippen molar-refractivity contribution in [2.45, 2.75) is 33.1 Å². The summed E-state index contributed by atoms with van der Waals surface area (Å²) in [6.45, 7) is 8.51. The topological polar surface area (TPSA) is 85.4 Å². The summed E-state index contributed by atoms with van der Waals surface area (Å²) in [6, 6.07) is 0. The first-order valence-corrected chi connectivity index (χ1v) is 9.21. The Morgan fingerprint density at radius 2 is 1.80 bits per heavy atom. The molecule has 3 rings (SSSR count). The summed E-state index contributed by atoms with van der Waals surface area (Å²) in [5.41, 5.74) is 0. The van der Waals surface area contributed by atoms with Crippen LogP contribution < -0.4 is 4.90 Å². The fraction of sp³-hybridized carbons (Fsp3) is 0.765. The van der Waals surface area contributed by atoms with Gasteiger partial charge in [-0.25, -0.2) is 5.10 Å². The lowest BCUT2D eigenvalue weighted by atomic mass is 9.94. The average molecular weight is 348 g/mol. The van der Waals surface area contributed by atoms with Crippen LogP contribution in [0.15, 0.2) is 6.33 Å². The number of hydrogen-bond donors (Lipinski definition) is 1. The third-order valence-electron chi connectivity index (χ3n) is 5.07. The molecular formula is C17H28N6O2. The van der Waals surface area contributed by atoms with Gasteiger partial charge < -0.3 is 14.7 Å². The van der Waals surface area contributed by atoms with Gasteiger partial charge in [-0.1, -0.05) is 13.8 Å². The molecule has 0 saturated carbocycles. The zero-order chi connectivity index (χ0) is 17.8. The van der Waals surface area contributed by atoms with Crippen molar-refractivity contribution in [1.29, 1.82) is 0 Å². The number of amides is 2. The van der Waals surface area contributed by atoms with E-state index in [0.717, 1.165) is 31.9 Å². The molecule has 0 aliphatic carbocycles. The van der Waals surface area contributed by atoms with E-state index in [1.165, 1.54) is 6.33 Å². The summed E-state index contributed by atoms with van der Waals surface area (Å²) in [5, 5.41) is 6.74. The molecule has 1 N–H and O–H groups in total. The van der Waals surface area contributed by atoms with Crippen molar-refractivity contribution in [3.05, 3.63) is 6.33 Å². The highest BCUT2D eigenvalue weighted by Crippen LogP contribution is 2.22. The number of likely N-dealkylation sites (tertiary alicyclic amines) is 1. The number of carbonyl (C=O) groups is 2. The van der Waals surface area contributed by atoms with Crippen LogP contribution in [0, 0.1) is 11.8 Å². The summed E-state index contributed by atoms with van der Waals surface area (Å²) in [4.78, 5) is 35.1. The predicted molar refractivity (Wildman–Crippen MR) is 93.9 cm³/mol. The predicted octanol–water partition coefficient (Wildman–Crippen LogP) is 0.738. The molecule has 2 aliphatic heterocycles. The molecule has 138 valence electrons. The van der Waals surface area contributed by atoms with Crippen LogP contribution in [0.25, 0.3) is 0 Å². The van der Waals surface area contributed by atoms with Gasteiger partial charge in [0.25, 0.3) is 0 Å². The minimum atomic E-state index is 0.0555. The van der Waals surface area contributed by atoms with Crippen molar-refractivity contribution in [3.63, 3.8) is 0 Å². The number of anilines is 1. The fourth-order valence-electron chi connectivity index (χ4n) is 3.60. The van der Waals surface area contributed by atoms with Crippen LogP contribution in [0.4, 0.5) is 5.95 Å². The second kappa shape index (κ2) is 7.84. The summed E-state index contributed by atoms with van der Waals surface area (Å²) >= 11 is 0. The average Bonchev–Trinajstić information content (AvgIpc) is 3.15. The van der Waals surface area contributed by atoms with Crippen molar-refractivity contribution in [1.82, 2.24) is 25.0 Å². The molecule has 1 aromatic heterocycles. The summed E-state index contributed by atoms with van der Waals surface area (Å²) in [7, 11) is 0. The lowest BCUT2D eigenvalue weighted by Gasteiger charge is -2.38. The van der Waals surface area contributed by atoms with Crippen molar-refractivity contribution in [2.24, 2.45) is 11.8 Å². The highest BCUT2D eigenvalue weighted by Gasteiger charge is 2.32. The highest BCUT2D eigenvalue weighted by molar-refractivity contribution is 5.80. The Hall–Kier alpha value is -2.12. The van der Waals surface area contributed by atoms with E-state index in [-0.39, 0.29) is 17.7 Å². The second-order valence-electron chi connectivity index (χ2n) is 7.37. The van der Waals surface area contributed by atoms with Gasteiger partial charge in [-0.05, 0) is 18.8 Å². The van der Waals surface area contributed by atoms with Crippen LogP contribution in [-0.4, -0.2) is 76.1 Å². The van der Waals surface area contributed by atoms with Crippen molar-refractivity contribution in [2.75, 3.05) is 44.2 Å². The van der Waals surface area contributed by atoms with E-state index < -0.39 is 0 Å². The molecule has 8 heteroatoms. The number of rotatable bonds is 4. The van der Waals surface area contributed by atoms with Gasteiger partial charge in [0, 0.05) is 51.6 Å². The van der Waals surface area contributed by atoms with E-state index >= 15 is 0 Å². The molecule has 2 amide bonds. The molecule has 8 nitrogen and oxygen atoms in total. The van der Waals surface area contributed by atoms with Crippen LogP contribution in [0.2, 0.25) is 0 Å². The Kier molecular flexibility index (Phi) is 5.55. The van der Waals surface area contributed by atoms with Gasteiger partial charge in [-0.2, -0.15) is 10.1 Å². The summed E-state index contributed by atoms with van der Waals surface area (Å²) < 4.78 is 0. The number of nitrogens with zero attached hydrogens (tertiary/aromatic N) is 5. The van der Waals surface area contributed by atoms with Crippen LogP contribution in [-0.2, 0) is 9.59 Å². The molecule has 0 aromatic carbocycles. The monoisotopic (exact) mass is 348 g/mol. The molecule has 2 saturated heterocycles. The smallest absolute Gasteiger partial charge is 0.225 e. The highest BCUT2D eigenvalue weighted by atomic mass is 16.2. The van der Waals surface area contributed by atoms with Crippen molar-refractivity contribution < 1.29 is 9.59 Å². The largest absolute Gasteiger partial charge is 0.343 e. The van der Waals surface area contributed by atoms with Crippen molar-refractivity contribution in [3.8, 4) is 0 Å². The number of hydrogen-bond acceptors (Lipinski definition) is 5. The van der Waals surface area contributed by atoms with Gasteiger partial charge in [0.15, 0.2) is 0 Å². The molecule has 1 aromatic rings. The van der Waals surface area contributed by atoms with Gasteiger partial charge in [0.2, 0.25) is 17.8 Å². The summed E-state index contributed by atoms with van der Waals surface area (Å²) in [5.74, 6) is 1.67. The number of piperidine rings is 1. The molecule has 2 aliphatic rings. The van der Waals surface area contributed by atoms with Gasteiger partial charge >= 0.3 is 0 Å². The Morgan fingerprint density at radius 3 is 2.36 bits per heavy atom. The van der Waals surface area contributed by atoms with Crippen LogP contribution >= 0.6 is 0 Å². The third-order valence-corrected chi connectivity index (χ3v) is 5.07. The Labute approximate surface area is 148 Å². The number of piperazine rings is 1. The second-order valence-corrected chi connectivity index (χ2v) is 7.37. The maximum absolute atomic E-state index is 12.8. The van der Waals surface area contributed by atoms with Gasteiger partial charge in [-0.15, -0.1) is 0 Å². The molecule has 0 unspecified atom stereocenters. The number of H-pyrrole nitrogens is 1. The minimum Gasteiger partial charge on any atom is -0.343 e. The summed E-state index contributed by atoms with van der Waals surface area (Å²) in [6.07, 6.45) is 3.67.